The van der Waals surface area contributed by atoms with Crippen LogP contribution >= 0.6 is 0 Å². The molecule has 0 aromatic heterocycles. The van der Waals surface area contributed by atoms with E-state index in [1.807, 2.05) is 37.3 Å². The first-order valence-electron chi connectivity index (χ1n) is 6.47. The van der Waals surface area contributed by atoms with Gasteiger partial charge in [-0.1, -0.05) is 18.2 Å². The van der Waals surface area contributed by atoms with Crippen LogP contribution in [0.2, 0.25) is 0 Å². The van der Waals surface area contributed by atoms with Crippen molar-refractivity contribution >= 4 is 17.6 Å². The number of nitrogens with zero attached hydrogens (tertiary/aromatic N) is 1. The number of carbonyl (C=O) groups excluding carboxylic acids is 1. The molecule has 0 aliphatic heterocycles. The summed E-state index contributed by atoms with van der Waals surface area (Å²) >= 11 is 0. The standard InChI is InChI=1S/C15H17N3O3/c1-11-5-2-3-6-13(11)18-10-12(9-16)15(21)17-8-4-7-14(19)20/h2-3,5-6,10,18H,4,7-8H2,1H3,(H,17,21)(H,19,20)/b12-10-. The van der Waals surface area contributed by atoms with Crippen LogP contribution in [-0.2, 0) is 9.59 Å². The lowest BCUT2D eigenvalue weighted by Gasteiger charge is -2.06. The number of carbonyl (C=O) groups is 2. The highest BCUT2D eigenvalue weighted by Crippen LogP contribution is 2.13. The van der Waals surface area contributed by atoms with E-state index in [0.29, 0.717) is 6.42 Å². The van der Waals surface area contributed by atoms with Gasteiger partial charge < -0.3 is 15.7 Å². The van der Waals surface area contributed by atoms with Crippen molar-refractivity contribution in [3.8, 4) is 6.07 Å². The van der Waals surface area contributed by atoms with Gasteiger partial charge in [0.05, 0.1) is 0 Å². The minimum absolute atomic E-state index is 0.0205. The lowest BCUT2D eigenvalue weighted by atomic mass is 10.2. The Morgan fingerprint density at radius 2 is 2.10 bits per heavy atom. The summed E-state index contributed by atoms with van der Waals surface area (Å²) in [6, 6.07) is 9.30. The Kier molecular flexibility index (Phi) is 6.48. The van der Waals surface area contributed by atoms with Crippen LogP contribution in [0.3, 0.4) is 0 Å². The van der Waals surface area contributed by atoms with Gasteiger partial charge in [0, 0.05) is 24.9 Å². The molecule has 0 bridgehead atoms. The number of aryl methyl sites for hydroxylation is 1. The smallest absolute Gasteiger partial charge is 0.303 e. The molecule has 1 aromatic rings. The molecule has 6 nitrogen and oxygen atoms in total. The number of nitrogens with one attached hydrogen (secondary N) is 2. The fourth-order valence-electron chi connectivity index (χ4n) is 1.57. The number of nitriles is 1. The highest BCUT2D eigenvalue weighted by Gasteiger charge is 2.08. The summed E-state index contributed by atoms with van der Waals surface area (Å²) in [4.78, 5) is 22.1. The van der Waals surface area contributed by atoms with Gasteiger partial charge in [-0.25, -0.2) is 0 Å². The summed E-state index contributed by atoms with van der Waals surface area (Å²) in [5, 5.41) is 22.9. The molecule has 0 heterocycles. The largest absolute Gasteiger partial charge is 0.481 e. The second-order valence-electron chi connectivity index (χ2n) is 4.38. The number of benzene rings is 1. The van der Waals surface area contributed by atoms with Gasteiger partial charge in [-0.2, -0.15) is 5.26 Å². The summed E-state index contributed by atoms with van der Waals surface area (Å²) in [6.07, 6.45) is 1.65. The summed E-state index contributed by atoms with van der Waals surface area (Å²) < 4.78 is 0. The third-order valence-electron chi connectivity index (χ3n) is 2.74. The highest BCUT2D eigenvalue weighted by atomic mass is 16.4. The van der Waals surface area contributed by atoms with Gasteiger partial charge in [-0.05, 0) is 25.0 Å². The zero-order valence-corrected chi connectivity index (χ0v) is 11.7. The molecule has 0 spiro atoms. The van der Waals surface area contributed by atoms with E-state index in [0.717, 1.165) is 11.3 Å². The van der Waals surface area contributed by atoms with Crippen molar-refractivity contribution in [1.82, 2.24) is 5.32 Å². The molecule has 21 heavy (non-hydrogen) atoms. The van der Waals surface area contributed by atoms with Crippen LogP contribution in [-0.4, -0.2) is 23.5 Å². The number of hydrogen-bond acceptors (Lipinski definition) is 4. The maximum atomic E-state index is 11.7. The van der Waals surface area contributed by atoms with Crippen molar-refractivity contribution in [2.45, 2.75) is 19.8 Å². The molecule has 0 aliphatic rings. The van der Waals surface area contributed by atoms with Crippen molar-refractivity contribution < 1.29 is 14.7 Å². The Hall–Kier alpha value is -2.81. The number of carboxylic acid groups (broad SMARTS) is 1. The second kappa shape index (κ2) is 8.38. The van der Waals surface area contributed by atoms with Gasteiger partial charge in [-0.15, -0.1) is 0 Å². The zero-order valence-electron chi connectivity index (χ0n) is 11.7. The second-order valence-corrected chi connectivity index (χ2v) is 4.38. The summed E-state index contributed by atoms with van der Waals surface area (Å²) in [6.45, 7) is 2.13. The Balaban J connectivity index is 2.55. The van der Waals surface area contributed by atoms with Gasteiger partial charge in [0.15, 0.2) is 0 Å². The van der Waals surface area contributed by atoms with Crippen molar-refractivity contribution in [1.29, 1.82) is 5.26 Å². The predicted octanol–water partition coefficient (Wildman–Crippen LogP) is 1.80. The third kappa shape index (κ3) is 5.78. The molecule has 0 radical (unpaired) electrons. The van der Waals surface area contributed by atoms with Gasteiger partial charge in [0.1, 0.15) is 11.6 Å². The normalized spacial score (nSPS) is 10.6. The first kappa shape index (κ1) is 16.2. The molecule has 0 saturated carbocycles. The SMILES string of the molecule is Cc1ccccc1N/C=C(/C#N)C(=O)NCCCC(=O)O. The molecule has 0 fully saturated rings. The van der Waals surface area contributed by atoms with Gasteiger partial charge in [0.25, 0.3) is 5.91 Å². The lowest BCUT2D eigenvalue weighted by molar-refractivity contribution is -0.137. The zero-order chi connectivity index (χ0) is 15.7. The monoisotopic (exact) mass is 287 g/mol. The minimum atomic E-state index is -0.915. The Morgan fingerprint density at radius 3 is 2.71 bits per heavy atom. The third-order valence-corrected chi connectivity index (χ3v) is 2.74. The van der Waals surface area contributed by atoms with Crippen LogP contribution < -0.4 is 10.6 Å². The molecule has 6 heteroatoms. The first-order chi connectivity index (χ1) is 10.0. The number of carboxylic acids is 1. The van der Waals surface area contributed by atoms with Crippen molar-refractivity contribution in [2.75, 3.05) is 11.9 Å². The van der Waals surface area contributed by atoms with Gasteiger partial charge in [-0.3, -0.25) is 9.59 Å². The Bertz CT molecular complexity index is 588. The van der Waals surface area contributed by atoms with E-state index in [4.69, 9.17) is 10.4 Å². The predicted molar refractivity (Wildman–Crippen MR) is 78.4 cm³/mol. The fraction of sp³-hybridized carbons (Fsp3) is 0.267. The van der Waals surface area contributed by atoms with Crippen molar-refractivity contribution in [2.24, 2.45) is 0 Å². The number of anilines is 1. The lowest BCUT2D eigenvalue weighted by Crippen LogP contribution is -2.26. The number of hydrogen-bond donors (Lipinski definition) is 3. The number of rotatable bonds is 7. The van der Waals surface area contributed by atoms with Crippen molar-refractivity contribution in [3.05, 3.63) is 41.6 Å². The van der Waals surface area contributed by atoms with E-state index in [9.17, 15) is 9.59 Å². The quantitative estimate of drug-likeness (QED) is 0.403. The minimum Gasteiger partial charge on any atom is -0.481 e. The number of amides is 1. The molecule has 1 amide bonds. The molecule has 3 N–H and O–H groups in total. The van der Waals surface area contributed by atoms with Crippen LogP contribution in [0.1, 0.15) is 18.4 Å². The molecule has 0 saturated heterocycles. The van der Waals surface area contributed by atoms with Crippen LogP contribution in [0.5, 0.6) is 0 Å². The van der Waals surface area contributed by atoms with E-state index < -0.39 is 11.9 Å². The maximum absolute atomic E-state index is 11.7. The summed E-state index contributed by atoms with van der Waals surface area (Å²) in [5.41, 5.74) is 1.74. The van der Waals surface area contributed by atoms with Crippen LogP contribution in [0, 0.1) is 18.3 Å². The fourth-order valence-corrected chi connectivity index (χ4v) is 1.57. The molecule has 1 rings (SSSR count). The van der Waals surface area contributed by atoms with Gasteiger partial charge >= 0.3 is 5.97 Å². The topological polar surface area (TPSA) is 102 Å². The van der Waals surface area contributed by atoms with Crippen molar-refractivity contribution in [3.63, 3.8) is 0 Å². The first-order valence-corrected chi connectivity index (χ1v) is 6.47. The van der Waals surface area contributed by atoms with Gasteiger partial charge in [0.2, 0.25) is 0 Å². The molecule has 0 aliphatic carbocycles. The maximum Gasteiger partial charge on any atom is 0.303 e. The molecule has 1 aromatic carbocycles. The molecular formula is C15H17N3O3. The number of para-hydroxylation sites is 1. The van der Waals surface area contributed by atoms with Crippen LogP contribution in [0.25, 0.3) is 0 Å². The summed E-state index contributed by atoms with van der Waals surface area (Å²) in [7, 11) is 0. The van der Waals surface area contributed by atoms with E-state index >= 15 is 0 Å². The average molecular weight is 287 g/mol. The molecule has 0 atom stereocenters. The van der Waals surface area contributed by atoms with E-state index in [2.05, 4.69) is 10.6 Å². The van der Waals surface area contributed by atoms with E-state index in [-0.39, 0.29) is 18.5 Å². The Labute approximate surface area is 123 Å². The Morgan fingerprint density at radius 1 is 1.38 bits per heavy atom. The van der Waals surface area contributed by atoms with E-state index in [1.54, 1.807) is 0 Å². The highest BCUT2D eigenvalue weighted by molar-refractivity contribution is 5.97. The summed E-state index contributed by atoms with van der Waals surface area (Å²) in [5.74, 6) is -1.44. The van der Waals surface area contributed by atoms with E-state index in [1.165, 1.54) is 6.20 Å². The number of aliphatic carboxylic acids is 1. The van der Waals surface area contributed by atoms with Crippen LogP contribution in [0.15, 0.2) is 36.0 Å². The average Bonchev–Trinajstić information content (AvgIpc) is 2.46. The molecule has 110 valence electrons. The molecular weight excluding hydrogens is 270 g/mol. The molecule has 0 unspecified atom stereocenters. The van der Waals surface area contributed by atoms with Crippen LogP contribution in [0.4, 0.5) is 5.69 Å².